The van der Waals surface area contributed by atoms with E-state index in [9.17, 15) is 0 Å². The summed E-state index contributed by atoms with van der Waals surface area (Å²) in [5.74, 6) is 0. The largest absolute Gasteiger partial charge is 0.394 e. The predicted molar refractivity (Wildman–Crippen MR) is 71.0 cm³/mol. The van der Waals surface area contributed by atoms with Gasteiger partial charge in [-0.15, -0.1) is 0 Å². The zero-order valence-electron chi connectivity index (χ0n) is 10.2. The second-order valence-corrected chi connectivity index (χ2v) is 4.89. The second kappa shape index (κ2) is 6.03. The van der Waals surface area contributed by atoms with Gasteiger partial charge in [0, 0.05) is 11.7 Å². The molecule has 1 fully saturated rings. The number of hydrogen-bond acceptors (Lipinski definition) is 3. The highest BCUT2D eigenvalue weighted by molar-refractivity contribution is 5.47. The van der Waals surface area contributed by atoms with Gasteiger partial charge in [-0.2, -0.15) is 0 Å². The lowest BCUT2D eigenvalue weighted by atomic mass is 9.95. The van der Waals surface area contributed by atoms with Crippen LogP contribution in [-0.4, -0.2) is 17.8 Å². The van der Waals surface area contributed by atoms with Crippen LogP contribution in [-0.2, 0) is 0 Å². The Kier molecular flexibility index (Phi) is 4.40. The van der Waals surface area contributed by atoms with Gasteiger partial charge in [-0.05, 0) is 30.5 Å². The molecule has 1 aliphatic carbocycles. The molecule has 0 heterocycles. The molecule has 1 saturated carbocycles. The molecular formula is C14H22N2O. The van der Waals surface area contributed by atoms with Crippen LogP contribution in [0.25, 0.3) is 0 Å². The third-order valence-electron chi connectivity index (χ3n) is 3.49. The second-order valence-electron chi connectivity index (χ2n) is 4.89. The first-order valence-electron chi connectivity index (χ1n) is 6.52. The highest BCUT2D eigenvalue weighted by Crippen LogP contribution is 2.23. The summed E-state index contributed by atoms with van der Waals surface area (Å²) >= 11 is 0. The molecule has 2 rings (SSSR count). The van der Waals surface area contributed by atoms with Crippen molar-refractivity contribution in [1.82, 2.24) is 0 Å². The average Bonchev–Trinajstić information content (AvgIpc) is 2.39. The van der Waals surface area contributed by atoms with Gasteiger partial charge in [-0.25, -0.2) is 0 Å². The number of nitrogens with two attached hydrogens (primary N) is 1. The van der Waals surface area contributed by atoms with E-state index in [-0.39, 0.29) is 12.6 Å². The maximum atomic E-state index is 9.06. The molecule has 1 aromatic rings. The Hall–Kier alpha value is -1.06. The molecule has 94 valence electrons. The van der Waals surface area contributed by atoms with Crippen LogP contribution in [0.3, 0.4) is 0 Å². The molecule has 0 aromatic heterocycles. The number of aliphatic hydroxyl groups excluding tert-OH is 1. The lowest BCUT2D eigenvalue weighted by Gasteiger charge is -2.24. The van der Waals surface area contributed by atoms with E-state index in [1.54, 1.807) is 0 Å². The Labute approximate surface area is 103 Å². The predicted octanol–water partition coefficient (Wildman–Crippen LogP) is 2.42. The summed E-state index contributed by atoms with van der Waals surface area (Å²) in [6, 6.07) is 8.41. The lowest BCUT2D eigenvalue weighted by Crippen LogP contribution is -2.22. The van der Waals surface area contributed by atoms with Crippen LogP contribution in [0.15, 0.2) is 24.3 Å². The third kappa shape index (κ3) is 3.45. The lowest BCUT2D eigenvalue weighted by molar-refractivity contribution is 0.268. The molecule has 0 aliphatic heterocycles. The van der Waals surface area contributed by atoms with Crippen LogP contribution in [0.5, 0.6) is 0 Å². The molecule has 4 N–H and O–H groups in total. The Morgan fingerprint density at radius 2 is 2.06 bits per heavy atom. The van der Waals surface area contributed by atoms with Gasteiger partial charge in [0.2, 0.25) is 0 Å². The molecule has 0 bridgehead atoms. The van der Waals surface area contributed by atoms with E-state index in [4.69, 9.17) is 10.8 Å². The summed E-state index contributed by atoms with van der Waals surface area (Å²) in [5, 5.41) is 12.6. The summed E-state index contributed by atoms with van der Waals surface area (Å²) in [6.07, 6.45) is 6.54. The van der Waals surface area contributed by atoms with Crippen molar-refractivity contribution in [2.45, 2.75) is 44.2 Å². The van der Waals surface area contributed by atoms with Gasteiger partial charge < -0.3 is 16.2 Å². The topological polar surface area (TPSA) is 58.3 Å². The van der Waals surface area contributed by atoms with Gasteiger partial charge in [0.15, 0.2) is 0 Å². The molecular weight excluding hydrogens is 212 g/mol. The van der Waals surface area contributed by atoms with Crippen molar-refractivity contribution in [2.24, 2.45) is 5.73 Å². The molecule has 0 amide bonds. The van der Waals surface area contributed by atoms with Crippen molar-refractivity contribution in [3.63, 3.8) is 0 Å². The molecule has 1 aromatic carbocycles. The minimum Gasteiger partial charge on any atom is -0.394 e. The van der Waals surface area contributed by atoms with E-state index in [2.05, 4.69) is 17.4 Å². The maximum absolute atomic E-state index is 9.06. The molecule has 17 heavy (non-hydrogen) atoms. The van der Waals surface area contributed by atoms with Crippen molar-refractivity contribution >= 4 is 5.69 Å². The number of benzene rings is 1. The van der Waals surface area contributed by atoms with Gasteiger partial charge in [0.1, 0.15) is 0 Å². The van der Waals surface area contributed by atoms with Crippen molar-refractivity contribution in [3.05, 3.63) is 29.8 Å². The van der Waals surface area contributed by atoms with Gasteiger partial charge in [-0.1, -0.05) is 31.4 Å². The van der Waals surface area contributed by atoms with E-state index < -0.39 is 0 Å². The van der Waals surface area contributed by atoms with E-state index in [0.717, 1.165) is 11.3 Å². The highest BCUT2D eigenvalue weighted by atomic mass is 16.3. The van der Waals surface area contributed by atoms with Crippen molar-refractivity contribution < 1.29 is 5.11 Å². The fraction of sp³-hybridized carbons (Fsp3) is 0.571. The third-order valence-corrected chi connectivity index (χ3v) is 3.49. The number of nitrogens with one attached hydrogen (secondary N) is 1. The zero-order chi connectivity index (χ0) is 12.1. The zero-order valence-corrected chi connectivity index (χ0v) is 10.2. The number of hydrogen-bond donors (Lipinski definition) is 3. The summed E-state index contributed by atoms with van der Waals surface area (Å²) in [5.41, 5.74) is 7.94. The summed E-state index contributed by atoms with van der Waals surface area (Å²) in [6.45, 7) is -0.00706. The number of anilines is 1. The molecule has 3 heteroatoms. The SMILES string of the molecule is NC(CO)c1cccc(NC2CCCCC2)c1. The van der Waals surface area contributed by atoms with E-state index >= 15 is 0 Å². The minimum atomic E-state index is -0.275. The molecule has 1 unspecified atom stereocenters. The van der Waals surface area contributed by atoms with E-state index in [1.165, 1.54) is 32.1 Å². The standard InChI is InChI=1S/C14H22N2O/c15-14(10-17)11-5-4-8-13(9-11)16-12-6-2-1-3-7-12/h4-5,8-9,12,14,16-17H,1-3,6-7,10,15H2. The van der Waals surface area contributed by atoms with Crippen LogP contribution >= 0.6 is 0 Å². The molecule has 1 aliphatic rings. The monoisotopic (exact) mass is 234 g/mol. The minimum absolute atomic E-state index is 0.00706. The summed E-state index contributed by atoms with van der Waals surface area (Å²) in [4.78, 5) is 0. The number of aliphatic hydroxyl groups is 1. The molecule has 3 nitrogen and oxygen atoms in total. The van der Waals surface area contributed by atoms with Crippen LogP contribution in [0.4, 0.5) is 5.69 Å². The summed E-state index contributed by atoms with van der Waals surface area (Å²) in [7, 11) is 0. The average molecular weight is 234 g/mol. The Morgan fingerprint density at radius 3 is 2.76 bits per heavy atom. The fourth-order valence-corrected chi connectivity index (χ4v) is 2.45. The van der Waals surface area contributed by atoms with Crippen LogP contribution in [0.1, 0.15) is 43.7 Å². The van der Waals surface area contributed by atoms with Crippen molar-refractivity contribution in [1.29, 1.82) is 0 Å². The van der Waals surface area contributed by atoms with Crippen LogP contribution in [0, 0.1) is 0 Å². The smallest absolute Gasteiger partial charge is 0.0624 e. The quantitative estimate of drug-likeness (QED) is 0.750. The molecule has 0 spiro atoms. The van der Waals surface area contributed by atoms with Crippen LogP contribution in [0.2, 0.25) is 0 Å². The Morgan fingerprint density at radius 1 is 1.29 bits per heavy atom. The highest BCUT2D eigenvalue weighted by Gasteiger charge is 2.13. The van der Waals surface area contributed by atoms with Crippen LogP contribution < -0.4 is 11.1 Å². The first kappa shape index (κ1) is 12.4. The first-order valence-corrected chi connectivity index (χ1v) is 6.52. The van der Waals surface area contributed by atoms with Gasteiger partial charge in [-0.3, -0.25) is 0 Å². The van der Waals surface area contributed by atoms with Gasteiger partial charge >= 0.3 is 0 Å². The molecule has 0 radical (unpaired) electrons. The van der Waals surface area contributed by atoms with E-state index in [0.29, 0.717) is 6.04 Å². The van der Waals surface area contributed by atoms with E-state index in [1.807, 2.05) is 12.1 Å². The summed E-state index contributed by atoms with van der Waals surface area (Å²) < 4.78 is 0. The fourth-order valence-electron chi connectivity index (χ4n) is 2.45. The van der Waals surface area contributed by atoms with Gasteiger partial charge in [0.05, 0.1) is 12.6 Å². The van der Waals surface area contributed by atoms with Crippen molar-refractivity contribution in [2.75, 3.05) is 11.9 Å². The number of rotatable bonds is 4. The Balaban J connectivity index is 2.00. The normalized spacial score (nSPS) is 18.9. The van der Waals surface area contributed by atoms with Gasteiger partial charge in [0.25, 0.3) is 0 Å². The molecule has 1 atom stereocenters. The van der Waals surface area contributed by atoms with Crippen molar-refractivity contribution in [3.8, 4) is 0 Å². The molecule has 0 saturated heterocycles. The maximum Gasteiger partial charge on any atom is 0.0624 e. The first-order chi connectivity index (χ1) is 8.29. The Bertz CT molecular complexity index is 348.